The van der Waals surface area contributed by atoms with Gasteiger partial charge in [0.2, 0.25) is 0 Å². The molecule has 0 saturated carbocycles. The van der Waals surface area contributed by atoms with Crippen LogP contribution in [0, 0.1) is 0 Å². The summed E-state index contributed by atoms with van der Waals surface area (Å²) < 4.78 is 5.60. The summed E-state index contributed by atoms with van der Waals surface area (Å²) in [4.78, 5) is 5.45. The van der Waals surface area contributed by atoms with Crippen LogP contribution in [0.4, 0.5) is 0 Å². The molecule has 0 bridgehead atoms. The molecule has 5 heteroatoms. The first-order chi connectivity index (χ1) is 12.0. The van der Waals surface area contributed by atoms with E-state index in [0.717, 1.165) is 29.9 Å². The SMILES string of the molecule is CCO[C@H](C)Cc1cccc(/C(C)=N/OCc2ccc(Cl)cc2Cl)c1. The fraction of sp³-hybridized carbons (Fsp3) is 0.350. The lowest BCUT2D eigenvalue weighted by Crippen LogP contribution is -2.11. The third-order valence-corrected chi connectivity index (χ3v) is 4.34. The number of halogens is 2. The molecule has 2 aromatic carbocycles. The van der Waals surface area contributed by atoms with Crippen molar-refractivity contribution >= 4 is 28.9 Å². The molecule has 0 spiro atoms. The predicted molar refractivity (Wildman–Crippen MR) is 105 cm³/mol. The van der Waals surface area contributed by atoms with Crippen molar-refractivity contribution in [1.82, 2.24) is 0 Å². The van der Waals surface area contributed by atoms with Gasteiger partial charge in [-0.05, 0) is 56.5 Å². The van der Waals surface area contributed by atoms with Crippen LogP contribution in [0.2, 0.25) is 10.0 Å². The number of ether oxygens (including phenoxy) is 1. The first-order valence-electron chi connectivity index (χ1n) is 8.31. The normalized spacial score (nSPS) is 12.9. The van der Waals surface area contributed by atoms with Crippen molar-refractivity contribution in [2.45, 2.75) is 39.9 Å². The number of hydrogen-bond donors (Lipinski definition) is 0. The van der Waals surface area contributed by atoms with Gasteiger partial charge in [0.15, 0.2) is 0 Å². The van der Waals surface area contributed by atoms with E-state index in [9.17, 15) is 0 Å². The molecule has 3 nitrogen and oxygen atoms in total. The van der Waals surface area contributed by atoms with Gasteiger partial charge in [0, 0.05) is 22.2 Å². The molecule has 0 aliphatic carbocycles. The van der Waals surface area contributed by atoms with E-state index in [1.807, 2.05) is 32.0 Å². The highest BCUT2D eigenvalue weighted by Gasteiger charge is 2.06. The Labute approximate surface area is 159 Å². The van der Waals surface area contributed by atoms with Crippen molar-refractivity contribution in [3.63, 3.8) is 0 Å². The summed E-state index contributed by atoms with van der Waals surface area (Å²) in [5, 5.41) is 5.38. The predicted octanol–water partition coefficient (Wildman–Crippen LogP) is 5.90. The fourth-order valence-corrected chi connectivity index (χ4v) is 2.95. The number of hydrogen-bond acceptors (Lipinski definition) is 3. The Morgan fingerprint density at radius 3 is 2.68 bits per heavy atom. The van der Waals surface area contributed by atoms with Crippen LogP contribution in [0.3, 0.4) is 0 Å². The number of benzene rings is 2. The second-order valence-electron chi connectivity index (χ2n) is 5.86. The van der Waals surface area contributed by atoms with Crippen LogP contribution >= 0.6 is 23.2 Å². The van der Waals surface area contributed by atoms with Crippen LogP contribution in [-0.2, 0) is 22.6 Å². The zero-order chi connectivity index (χ0) is 18.2. The molecule has 25 heavy (non-hydrogen) atoms. The summed E-state index contributed by atoms with van der Waals surface area (Å²) in [6, 6.07) is 13.6. The molecular formula is C20H23Cl2NO2. The summed E-state index contributed by atoms with van der Waals surface area (Å²) in [5.74, 6) is 0. The Morgan fingerprint density at radius 1 is 1.16 bits per heavy atom. The number of rotatable bonds is 8. The second-order valence-corrected chi connectivity index (χ2v) is 6.70. The van der Waals surface area contributed by atoms with Gasteiger partial charge in [0.1, 0.15) is 6.61 Å². The van der Waals surface area contributed by atoms with Crippen molar-refractivity contribution in [2.24, 2.45) is 5.16 Å². The van der Waals surface area contributed by atoms with Crippen LogP contribution in [0.15, 0.2) is 47.6 Å². The number of oxime groups is 1. The van der Waals surface area contributed by atoms with E-state index >= 15 is 0 Å². The largest absolute Gasteiger partial charge is 0.391 e. The van der Waals surface area contributed by atoms with Gasteiger partial charge >= 0.3 is 0 Å². The van der Waals surface area contributed by atoms with E-state index in [-0.39, 0.29) is 6.10 Å². The minimum Gasteiger partial charge on any atom is -0.391 e. The topological polar surface area (TPSA) is 30.8 Å². The molecule has 0 aliphatic rings. The monoisotopic (exact) mass is 379 g/mol. The maximum atomic E-state index is 6.13. The highest BCUT2D eigenvalue weighted by molar-refractivity contribution is 6.35. The summed E-state index contributed by atoms with van der Waals surface area (Å²) in [5.41, 5.74) is 3.91. The van der Waals surface area contributed by atoms with Crippen LogP contribution in [0.5, 0.6) is 0 Å². The molecule has 2 rings (SSSR count). The molecular weight excluding hydrogens is 357 g/mol. The maximum Gasteiger partial charge on any atom is 0.143 e. The first kappa shape index (κ1) is 19.8. The van der Waals surface area contributed by atoms with Gasteiger partial charge < -0.3 is 9.57 Å². The molecule has 0 heterocycles. The molecule has 0 unspecified atom stereocenters. The van der Waals surface area contributed by atoms with Gasteiger partial charge in [-0.25, -0.2) is 0 Å². The summed E-state index contributed by atoms with van der Waals surface area (Å²) in [6.07, 6.45) is 1.07. The standard InChI is InChI=1S/C20H23Cl2NO2/c1-4-24-14(2)10-16-6-5-7-17(11-16)15(3)23-25-13-18-8-9-19(21)12-20(18)22/h5-9,11-12,14H,4,10,13H2,1-3H3/b23-15+/t14-/m1/s1. The van der Waals surface area contributed by atoms with Crippen LogP contribution in [-0.4, -0.2) is 18.4 Å². The highest BCUT2D eigenvalue weighted by atomic mass is 35.5. The smallest absolute Gasteiger partial charge is 0.143 e. The second kappa shape index (κ2) is 9.81. The van der Waals surface area contributed by atoms with Gasteiger partial charge in [-0.15, -0.1) is 0 Å². The van der Waals surface area contributed by atoms with Crippen molar-refractivity contribution in [3.8, 4) is 0 Å². The Morgan fingerprint density at radius 2 is 1.96 bits per heavy atom. The van der Waals surface area contributed by atoms with Gasteiger partial charge in [0.05, 0.1) is 11.8 Å². The zero-order valence-corrected chi connectivity index (χ0v) is 16.3. The highest BCUT2D eigenvalue weighted by Crippen LogP contribution is 2.21. The van der Waals surface area contributed by atoms with E-state index in [0.29, 0.717) is 16.7 Å². The lowest BCUT2D eigenvalue weighted by molar-refractivity contribution is 0.0768. The fourth-order valence-electron chi connectivity index (χ4n) is 2.49. The lowest BCUT2D eigenvalue weighted by Gasteiger charge is -2.12. The average Bonchev–Trinajstić information content (AvgIpc) is 2.57. The molecule has 0 fully saturated rings. The molecule has 134 valence electrons. The van der Waals surface area contributed by atoms with E-state index in [1.165, 1.54) is 5.56 Å². The van der Waals surface area contributed by atoms with E-state index in [2.05, 4.69) is 24.2 Å². The molecule has 2 aromatic rings. The Hall–Kier alpha value is -1.55. The quantitative estimate of drug-likeness (QED) is 0.422. The summed E-state index contributed by atoms with van der Waals surface area (Å²) in [6.45, 7) is 7.04. The molecule has 0 aromatic heterocycles. The van der Waals surface area contributed by atoms with Crippen LogP contribution in [0.25, 0.3) is 0 Å². The van der Waals surface area contributed by atoms with Crippen LogP contribution < -0.4 is 0 Å². The van der Waals surface area contributed by atoms with Gasteiger partial charge in [-0.1, -0.05) is 52.6 Å². The first-order valence-corrected chi connectivity index (χ1v) is 9.06. The minimum absolute atomic E-state index is 0.195. The average molecular weight is 380 g/mol. The third-order valence-electron chi connectivity index (χ3n) is 3.76. The van der Waals surface area contributed by atoms with E-state index in [4.69, 9.17) is 32.8 Å². The van der Waals surface area contributed by atoms with E-state index < -0.39 is 0 Å². The van der Waals surface area contributed by atoms with Gasteiger partial charge in [0.25, 0.3) is 0 Å². The van der Waals surface area contributed by atoms with Crippen molar-refractivity contribution in [2.75, 3.05) is 6.61 Å². The Balaban J connectivity index is 1.99. The van der Waals surface area contributed by atoms with Gasteiger partial charge in [-0.3, -0.25) is 0 Å². The summed E-state index contributed by atoms with van der Waals surface area (Å²) in [7, 11) is 0. The molecule has 0 aliphatic heterocycles. The molecule has 0 amide bonds. The Bertz CT molecular complexity index is 731. The van der Waals surface area contributed by atoms with Gasteiger partial charge in [-0.2, -0.15) is 0 Å². The zero-order valence-electron chi connectivity index (χ0n) is 14.8. The van der Waals surface area contributed by atoms with E-state index in [1.54, 1.807) is 12.1 Å². The van der Waals surface area contributed by atoms with Crippen molar-refractivity contribution < 1.29 is 9.57 Å². The maximum absolute atomic E-state index is 6.13. The Kier molecular flexibility index (Phi) is 7.76. The summed E-state index contributed by atoms with van der Waals surface area (Å²) >= 11 is 12.0. The van der Waals surface area contributed by atoms with Crippen molar-refractivity contribution in [3.05, 3.63) is 69.2 Å². The molecule has 0 saturated heterocycles. The van der Waals surface area contributed by atoms with Crippen LogP contribution in [0.1, 0.15) is 37.5 Å². The molecule has 0 N–H and O–H groups in total. The third kappa shape index (κ3) is 6.35. The minimum atomic E-state index is 0.195. The lowest BCUT2D eigenvalue weighted by atomic mass is 10.0. The molecule has 0 radical (unpaired) electrons. The number of nitrogens with zero attached hydrogens (tertiary/aromatic N) is 1. The molecule has 1 atom stereocenters. The van der Waals surface area contributed by atoms with Crippen molar-refractivity contribution in [1.29, 1.82) is 0 Å².